The lowest BCUT2D eigenvalue weighted by molar-refractivity contribution is -0.548. The predicted octanol–water partition coefficient (Wildman–Crippen LogP) is 6.95. The smallest absolute Gasteiger partial charge is 0.321 e. The van der Waals surface area contributed by atoms with Gasteiger partial charge >= 0.3 is 48.4 Å². The quantitative estimate of drug-likeness (QED) is 0.328. The van der Waals surface area contributed by atoms with Crippen molar-refractivity contribution in [2.24, 2.45) is 0 Å². The molecule has 22 heteroatoms. The van der Waals surface area contributed by atoms with E-state index in [0.29, 0.717) is 18.2 Å². The number of amides is 1. The van der Waals surface area contributed by atoms with Crippen LogP contribution < -0.4 is 5.32 Å². The zero-order chi connectivity index (χ0) is 30.6. The van der Waals surface area contributed by atoms with Gasteiger partial charge in [-0.25, -0.2) is 4.39 Å². The van der Waals surface area contributed by atoms with Crippen molar-refractivity contribution in [3.05, 3.63) is 29.6 Å². The van der Waals surface area contributed by atoms with E-state index in [2.05, 4.69) is 0 Å². The van der Waals surface area contributed by atoms with Gasteiger partial charge in [-0.05, 0) is 30.7 Å². The van der Waals surface area contributed by atoms with Crippen LogP contribution in [0.4, 0.5) is 84.7 Å². The van der Waals surface area contributed by atoms with Gasteiger partial charge < -0.3 is 5.32 Å². The summed E-state index contributed by atoms with van der Waals surface area (Å²) in [7, 11) is 0. The topological polar surface area (TPSA) is 47.6 Å². The Bertz CT molecular complexity index is 1030. The molecule has 0 unspecified atom stereocenters. The minimum Gasteiger partial charge on any atom is -0.321 e. The highest BCUT2D eigenvalue weighted by atomic mass is 19.4. The summed E-state index contributed by atoms with van der Waals surface area (Å²) >= 11 is 0. The van der Waals surface area contributed by atoms with Crippen LogP contribution in [0.3, 0.4) is 0 Å². The van der Waals surface area contributed by atoms with Crippen LogP contribution in [0.25, 0.3) is 0 Å². The summed E-state index contributed by atoms with van der Waals surface area (Å²) < 4.78 is 239. The Hall–Kier alpha value is -2.65. The van der Waals surface area contributed by atoms with E-state index in [1.807, 2.05) is 4.74 Å². The highest BCUT2D eigenvalue weighted by Crippen LogP contribution is 2.56. The lowest BCUT2D eigenvalue weighted by Gasteiger charge is -2.40. The fourth-order valence-corrected chi connectivity index (χ4v) is 2.13. The van der Waals surface area contributed by atoms with Crippen LogP contribution in [0, 0.1) is 12.7 Å². The first-order valence-electron chi connectivity index (χ1n) is 8.66. The second-order valence-electron chi connectivity index (χ2n) is 6.91. The highest BCUT2D eigenvalue weighted by molar-refractivity contribution is 5.97. The molecule has 1 aromatic rings. The molecule has 0 saturated carbocycles. The Morgan fingerprint density at radius 1 is 0.684 bits per heavy atom. The number of aryl methyl sites for hydroxylation is 1. The summed E-state index contributed by atoms with van der Waals surface area (Å²) in [6, 6.07) is 1.08. The Kier molecular flexibility index (Phi) is 8.36. The van der Waals surface area contributed by atoms with E-state index in [0.717, 1.165) is 12.2 Å². The molecule has 0 fully saturated rings. The maximum absolute atomic E-state index is 14.4. The van der Waals surface area contributed by atoms with Crippen LogP contribution in [0.1, 0.15) is 5.56 Å². The van der Waals surface area contributed by atoms with Crippen LogP contribution in [0.15, 0.2) is 18.2 Å². The molecule has 2 atom stereocenters. The highest BCUT2D eigenvalue weighted by Gasteiger charge is 2.85. The minimum atomic E-state index is -8.10. The standard InChI is InChI=1S/C16H7F18NO3/c1-5-4-6(17)2-3-7(5)35-8(36)9(18,12(22,23)24)37-16(33,34)11(21,14(28,29)30)38-15(31,32)10(19,20)13(25,26)27/h2-4H,1H3,(H,35,36)/t9-,11+/m1/s1. The monoisotopic (exact) mass is 603 g/mol. The van der Waals surface area contributed by atoms with Crippen LogP contribution in [0.5, 0.6) is 0 Å². The molecule has 1 aromatic carbocycles. The molecule has 4 nitrogen and oxygen atoms in total. The molecule has 1 N–H and O–H groups in total. The van der Waals surface area contributed by atoms with E-state index in [1.54, 1.807) is 0 Å². The van der Waals surface area contributed by atoms with E-state index in [4.69, 9.17) is 0 Å². The van der Waals surface area contributed by atoms with Crippen molar-refractivity contribution >= 4 is 11.6 Å². The molecule has 0 aliphatic heterocycles. The van der Waals surface area contributed by atoms with Gasteiger partial charge in [0.05, 0.1) is 0 Å². The number of anilines is 1. The molecule has 0 bridgehead atoms. The molecule has 0 aromatic heterocycles. The van der Waals surface area contributed by atoms with Gasteiger partial charge in [-0.15, -0.1) is 0 Å². The van der Waals surface area contributed by atoms with Crippen molar-refractivity contribution in [2.75, 3.05) is 5.32 Å². The number of rotatable bonds is 8. The average Bonchev–Trinajstić information content (AvgIpc) is 2.66. The molecule has 0 heterocycles. The fraction of sp³-hybridized carbons (Fsp3) is 0.562. The van der Waals surface area contributed by atoms with Crippen molar-refractivity contribution < 1.29 is 93.3 Å². The number of carbonyl (C=O) groups is 1. The molecule has 38 heavy (non-hydrogen) atoms. The van der Waals surface area contributed by atoms with Crippen LogP contribution in [-0.2, 0) is 14.3 Å². The molecular weight excluding hydrogens is 596 g/mol. The molecule has 1 amide bonds. The van der Waals surface area contributed by atoms with Gasteiger partial charge in [-0.2, -0.15) is 74.6 Å². The summed E-state index contributed by atoms with van der Waals surface area (Å²) in [5.41, 5.74) is -1.69. The van der Waals surface area contributed by atoms with Crippen molar-refractivity contribution in [3.8, 4) is 0 Å². The predicted molar refractivity (Wildman–Crippen MR) is 82.6 cm³/mol. The van der Waals surface area contributed by atoms with Crippen LogP contribution >= 0.6 is 0 Å². The number of ether oxygens (including phenoxy) is 2. The number of benzene rings is 1. The van der Waals surface area contributed by atoms with Crippen molar-refractivity contribution in [3.63, 3.8) is 0 Å². The van der Waals surface area contributed by atoms with E-state index >= 15 is 0 Å². The summed E-state index contributed by atoms with van der Waals surface area (Å²) in [6.45, 7) is 0.772. The zero-order valence-electron chi connectivity index (χ0n) is 17.3. The molecule has 220 valence electrons. The molecule has 0 saturated heterocycles. The third-order valence-corrected chi connectivity index (χ3v) is 4.09. The number of alkyl halides is 17. The first kappa shape index (κ1) is 33.4. The largest absolute Gasteiger partial charge is 0.462 e. The van der Waals surface area contributed by atoms with Crippen LogP contribution in [0.2, 0.25) is 0 Å². The second-order valence-corrected chi connectivity index (χ2v) is 6.91. The molecule has 0 aliphatic rings. The molecule has 0 radical (unpaired) electrons. The first-order valence-corrected chi connectivity index (χ1v) is 8.66. The number of hydrogen-bond donors (Lipinski definition) is 1. The number of nitrogens with one attached hydrogen (secondary N) is 1. The molecule has 0 aliphatic carbocycles. The summed E-state index contributed by atoms with van der Waals surface area (Å²) in [5, 5.41) is 0.769. The maximum Gasteiger partial charge on any atom is 0.462 e. The number of halogens is 18. The maximum atomic E-state index is 14.4. The average molecular weight is 603 g/mol. The first-order chi connectivity index (χ1) is 16.5. The SMILES string of the molecule is Cc1cc(F)ccc1NC(=O)[C@@](F)(OC(F)(F)[C@@](F)(OC(F)(F)C(F)(F)C(F)(F)F)C(F)(F)F)C(F)(F)F. The summed E-state index contributed by atoms with van der Waals surface area (Å²) in [4.78, 5) is 11.7. The molecular formula is C16H7F18NO3. The zero-order valence-corrected chi connectivity index (χ0v) is 17.3. The van der Waals surface area contributed by atoms with Crippen molar-refractivity contribution in [2.45, 2.75) is 55.3 Å². The van der Waals surface area contributed by atoms with Gasteiger partial charge in [0.1, 0.15) is 5.82 Å². The van der Waals surface area contributed by atoms with Gasteiger partial charge in [0.25, 0.3) is 5.91 Å². The number of carbonyl (C=O) groups excluding carboxylic acids is 1. The van der Waals surface area contributed by atoms with Gasteiger partial charge in [0.15, 0.2) is 0 Å². The third kappa shape index (κ3) is 5.83. The lowest BCUT2D eigenvalue weighted by Crippen LogP contribution is -2.68. The minimum absolute atomic E-state index is 0.329. The fourth-order valence-electron chi connectivity index (χ4n) is 2.13. The lowest BCUT2D eigenvalue weighted by atomic mass is 10.1. The van der Waals surface area contributed by atoms with Gasteiger partial charge in [-0.3, -0.25) is 14.3 Å². The third-order valence-electron chi connectivity index (χ3n) is 4.09. The van der Waals surface area contributed by atoms with Crippen LogP contribution in [-0.4, -0.2) is 54.3 Å². The second kappa shape index (κ2) is 9.52. The van der Waals surface area contributed by atoms with Crippen molar-refractivity contribution in [1.29, 1.82) is 0 Å². The van der Waals surface area contributed by atoms with E-state index < -0.39 is 71.4 Å². The summed E-state index contributed by atoms with van der Waals surface area (Å²) in [5.74, 6) is -27.7. The van der Waals surface area contributed by atoms with Gasteiger partial charge in [0, 0.05) is 5.69 Å². The normalized spacial score (nSPS) is 17.6. The van der Waals surface area contributed by atoms with Crippen molar-refractivity contribution in [1.82, 2.24) is 0 Å². The Labute approximate surface area is 196 Å². The molecule has 1 rings (SSSR count). The Morgan fingerprint density at radius 2 is 1.16 bits per heavy atom. The molecule has 0 spiro atoms. The summed E-state index contributed by atoms with van der Waals surface area (Å²) in [6.07, 6.45) is -38.8. The number of hydrogen-bond acceptors (Lipinski definition) is 3. The Morgan fingerprint density at radius 3 is 1.53 bits per heavy atom. The van der Waals surface area contributed by atoms with Gasteiger partial charge in [-0.1, -0.05) is 0 Å². The van der Waals surface area contributed by atoms with E-state index in [-0.39, 0.29) is 0 Å². The van der Waals surface area contributed by atoms with E-state index in [9.17, 15) is 83.8 Å². The van der Waals surface area contributed by atoms with Gasteiger partial charge in [0.2, 0.25) is 0 Å². The van der Waals surface area contributed by atoms with E-state index in [1.165, 1.54) is 4.74 Å². The Balaban J connectivity index is 3.65.